The monoisotopic (exact) mass is 314 g/mol. The number of nitrogens with zero attached hydrogens (tertiary/aromatic N) is 2. The minimum absolute atomic E-state index is 0.260. The third kappa shape index (κ3) is 12.7. The number of rotatable bonds is 11. The van der Waals surface area contributed by atoms with Gasteiger partial charge in [0.1, 0.15) is 5.66 Å². The zero-order valence-electron chi connectivity index (χ0n) is 14.5. The third-order valence-electron chi connectivity index (χ3n) is 3.33. The summed E-state index contributed by atoms with van der Waals surface area (Å²) in [5.74, 6) is 0. The van der Waals surface area contributed by atoms with E-state index in [-0.39, 0.29) is 6.04 Å². The smallest absolute Gasteiger partial charge is 0.168 e. The predicted octanol–water partition coefficient (Wildman–Crippen LogP) is 4.80. The lowest BCUT2D eigenvalue weighted by molar-refractivity contribution is 0.437. The van der Waals surface area contributed by atoms with Gasteiger partial charge in [0.05, 0.1) is 6.04 Å². The molecule has 5 heteroatoms. The molecule has 0 saturated heterocycles. The van der Waals surface area contributed by atoms with Crippen molar-refractivity contribution in [1.29, 1.82) is 0 Å². The van der Waals surface area contributed by atoms with Crippen LogP contribution in [0.15, 0.2) is 10.2 Å². The molecule has 0 amide bonds. The molecule has 1 unspecified atom stereocenters. The summed E-state index contributed by atoms with van der Waals surface area (Å²) in [6.07, 6.45) is 8.76. The summed E-state index contributed by atoms with van der Waals surface area (Å²) in [7, 11) is 0. The van der Waals surface area contributed by atoms with E-state index in [1.165, 1.54) is 38.5 Å². The molecule has 21 heavy (non-hydrogen) atoms. The first-order valence-corrected chi connectivity index (χ1v) is 8.80. The zero-order valence-corrected chi connectivity index (χ0v) is 15.4. The van der Waals surface area contributed by atoms with Crippen LogP contribution in [0.4, 0.5) is 0 Å². The Kier molecular flexibility index (Phi) is 11.5. The molecule has 0 heterocycles. The van der Waals surface area contributed by atoms with E-state index < -0.39 is 5.66 Å². The van der Waals surface area contributed by atoms with Crippen molar-refractivity contribution in [3.05, 3.63) is 0 Å². The molecule has 0 rings (SSSR count). The van der Waals surface area contributed by atoms with E-state index in [2.05, 4.69) is 41.6 Å². The largest absolute Gasteiger partial charge is 0.363 e. The first-order chi connectivity index (χ1) is 9.91. The van der Waals surface area contributed by atoms with E-state index in [0.717, 1.165) is 13.0 Å². The van der Waals surface area contributed by atoms with Crippen LogP contribution in [0.1, 0.15) is 79.6 Å². The summed E-state index contributed by atoms with van der Waals surface area (Å²) in [4.78, 5) is 0. The van der Waals surface area contributed by atoms with Crippen LogP contribution in [0.5, 0.6) is 0 Å². The number of hydrogen-bond donors (Lipinski definition) is 2. The number of unbranched alkanes of at least 4 members (excludes halogenated alkanes) is 5. The molecular formula is C16H34N4S. The first kappa shape index (κ1) is 20.3. The van der Waals surface area contributed by atoms with Gasteiger partial charge in [0.2, 0.25) is 0 Å². The molecule has 0 aliphatic heterocycles. The predicted molar refractivity (Wildman–Crippen MR) is 95.8 cm³/mol. The van der Waals surface area contributed by atoms with Crippen molar-refractivity contribution in [3.8, 4) is 0 Å². The Morgan fingerprint density at radius 3 is 2.33 bits per heavy atom. The molecule has 0 bridgehead atoms. The van der Waals surface area contributed by atoms with Crippen molar-refractivity contribution in [2.45, 2.75) is 91.3 Å². The molecule has 0 saturated carbocycles. The van der Waals surface area contributed by atoms with Gasteiger partial charge in [-0.1, -0.05) is 46.0 Å². The Hall–Kier alpha value is -0.710. The molecule has 0 aliphatic carbocycles. The van der Waals surface area contributed by atoms with E-state index in [0.29, 0.717) is 5.11 Å². The summed E-state index contributed by atoms with van der Waals surface area (Å²) < 4.78 is 0. The zero-order chi connectivity index (χ0) is 16.1. The first-order valence-electron chi connectivity index (χ1n) is 8.39. The second kappa shape index (κ2) is 11.9. The van der Waals surface area contributed by atoms with E-state index in [4.69, 9.17) is 12.2 Å². The Labute approximate surface area is 136 Å². The lowest BCUT2D eigenvalue weighted by Gasteiger charge is -2.23. The fraction of sp³-hybridized carbons (Fsp3) is 0.938. The van der Waals surface area contributed by atoms with Crippen LogP contribution >= 0.6 is 12.2 Å². The number of hydrogen-bond acceptors (Lipinski definition) is 3. The van der Waals surface area contributed by atoms with Crippen molar-refractivity contribution in [2.75, 3.05) is 6.54 Å². The maximum atomic E-state index is 5.31. The van der Waals surface area contributed by atoms with Gasteiger partial charge in [0, 0.05) is 6.54 Å². The normalized spacial score (nSPS) is 13.4. The molecule has 1 atom stereocenters. The van der Waals surface area contributed by atoms with Crippen molar-refractivity contribution in [3.63, 3.8) is 0 Å². The summed E-state index contributed by atoms with van der Waals surface area (Å²) in [5.41, 5.74) is -0.450. The third-order valence-corrected chi connectivity index (χ3v) is 3.58. The molecule has 0 fully saturated rings. The highest BCUT2D eigenvalue weighted by atomic mass is 32.1. The van der Waals surface area contributed by atoms with Crippen LogP contribution in [-0.4, -0.2) is 23.4 Å². The standard InChI is InChI=1S/C16H34N4S/c1-6-8-9-10-11-12-13-17-15(21)18-16(4,5)20-19-14(3)7-2/h14H,6-13H2,1-5H3,(H2,17,18,21). The van der Waals surface area contributed by atoms with E-state index in [1.807, 2.05) is 13.8 Å². The number of azo groups is 1. The maximum Gasteiger partial charge on any atom is 0.168 e. The summed E-state index contributed by atoms with van der Waals surface area (Å²) in [6, 6.07) is 0.260. The van der Waals surface area contributed by atoms with Crippen LogP contribution < -0.4 is 10.6 Å². The fourth-order valence-corrected chi connectivity index (χ4v) is 2.13. The molecule has 0 spiro atoms. The van der Waals surface area contributed by atoms with Crippen molar-refractivity contribution in [2.24, 2.45) is 10.2 Å². The highest BCUT2D eigenvalue weighted by molar-refractivity contribution is 7.80. The Bertz CT molecular complexity index is 303. The average molecular weight is 315 g/mol. The van der Waals surface area contributed by atoms with E-state index in [1.54, 1.807) is 0 Å². The van der Waals surface area contributed by atoms with Crippen molar-refractivity contribution in [1.82, 2.24) is 10.6 Å². The summed E-state index contributed by atoms with van der Waals surface area (Å²) in [6.45, 7) is 11.3. The summed E-state index contributed by atoms with van der Waals surface area (Å²) >= 11 is 5.31. The number of nitrogens with one attached hydrogen (secondary N) is 2. The molecule has 0 aromatic rings. The Morgan fingerprint density at radius 1 is 1.10 bits per heavy atom. The number of thiocarbonyl (C=S) groups is 1. The van der Waals surface area contributed by atoms with E-state index >= 15 is 0 Å². The fourth-order valence-electron chi connectivity index (χ4n) is 1.78. The SMILES string of the molecule is CCCCCCCCNC(=S)NC(C)(C)N=NC(C)CC. The van der Waals surface area contributed by atoms with Gasteiger partial charge in [-0.3, -0.25) is 0 Å². The van der Waals surface area contributed by atoms with Crippen LogP contribution in [0.3, 0.4) is 0 Å². The van der Waals surface area contributed by atoms with Crippen molar-refractivity contribution < 1.29 is 0 Å². The average Bonchev–Trinajstić information content (AvgIpc) is 2.43. The van der Waals surface area contributed by atoms with Gasteiger partial charge in [-0.2, -0.15) is 10.2 Å². The Morgan fingerprint density at radius 2 is 1.71 bits per heavy atom. The van der Waals surface area contributed by atoms with Gasteiger partial charge in [0.25, 0.3) is 0 Å². The molecule has 0 aromatic heterocycles. The minimum atomic E-state index is -0.450. The lowest BCUT2D eigenvalue weighted by Crippen LogP contribution is -2.47. The quantitative estimate of drug-likeness (QED) is 0.327. The van der Waals surface area contributed by atoms with Gasteiger partial charge in [-0.05, 0) is 45.8 Å². The van der Waals surface area contributed by atoms with Gasteiger partial charge >= 0.3 is 0 Å². The van der Waals surface area contributed by atoms with Crippen LogP contribution in [0.2, 0.25) is 0 Å². The molecule has 4 nitrogen and oxygen atoms in total. The highest BCUT2D eigenvalue weighted by Gasteiger charge is 2.17. The molecule has 124 valence electrons. The van der Waals surface area contributed by atoms with Gasteiger partial charge in [0.15, 0.2) is 5.11 Å². The minimum Gasteiger partial charge on any atom is -0.363 e. The molecule has 0 radical (unpaired) electrons. The lowest BCUT2D eigenvalue weighted by atomic mass is 10.1. The summed E-state index contributed by atoms with van der Waals surface area (Å²) in [5, 5.41) is 15.7. The molecule has 0 aliphatic rings. The second-order valence-electron chi connectivity index (χ2n) is 6.18. The Balaban J connectivity index is 3.79. The maximum absolute atomic E-state index is 5.31. The van der Waals surface area contributed by atoms with Gasteiger partial charge < -0.3 is 10.6 Å². The van der Waals surface area contributed by atoms with E-state index in [9.17, 15) is 0 Å². The van der Waals surface area contributed by atoms with Crippen molar-refractivity contribution >= 4 is 17.3 Å². The molecule has 2 N–H and O–H groups in total. The molecular weight excluding hydrogens is 280 g/mol. The second-order valence-corrected chi connectivity index (χ2v) is 6.59. The van der Waals surface area contributed by atoms with Crippen LogP contribution in [-0.2, 0) is 0 Å². The van der Waals surface area contributed by atoms with Gasteiger partial charge in [-0.15, -0.1) is 0 Å². The van der Waals surface area contributed by atoms with Gasteiger partial charge in [-0.25, -0.2) is 0 Å². The molecule has 0 aromatic carbocycles. The van der Waals surface area contributed by atoms with Crippen LogP contribution in [0.25, 0.3) is 0 Å². The topological polar surface area (TPSA) is 48.8 Å². The van der Waals surface area contributed by atoms with Crippen LogP contribution in [0, 0.1) is 0 Å². The highest BCUT2D eigenvalue weighted by Crippen LogP contribution is 2.08.